The monoisotopic (exact) mass is 570 g/mol. The number of allylic oxidation sites excluding steroid dienone is 4. The minimum Gasteiger partial charge on any atom is -0.458 e. The number of carbonyl (C=O) groups is 3. The maximum absolute atomic E-state index is 13.7. The summed E-state index contributed by atoms with van der Waals surface area (Å²) in [5.41, 5.74) is 7.53. The van der Waals surface area contributed by atoms with Crippen molar-refractivity contribution in [1.82, 2.24) is 5.39 Å². The largest absolute Gasteiger partial charge is 0.458 e. The molecule has 3 N–H and O–H groups in total. The summed E-state index contributed by atoms with van der Waals surface area (Å²) in [6, 6.07) is 4.91. The molecule has 2 aliphatic heterocycles. The zero-order valence-corrected chi connectivity index (χ0v) is 23.1. The molecule has 2 aliphatic rings. The van der Waals surface area contributed by atoms with Crippen molar-refractivity contribution in [1.29, 1.82) is 0 Å². The molecular weight excluding hydrogens is 536 g/mol. The second-order valence-electron chi connectivity index (χ2n) is 9.04. The van der Waals surface area contributed by atoms with E-state index in [0.717, 1.165) is 0 Å². The van der Waals surface area contributed by atoms with Crippen LogP contribution in [0.1, 0.15) is 42.6 Å². The average molecular weight is 571 g/mol. The van der Waals surface area contributed by atoms with Gasteiger partial charge >= 0.3 is 17.9 Å². The third kappa shape index (κ3) is 9.64. The number of aliphatic hydroxyl groups is 1. The average Bonchev–Trinajstić information content (AvgIpc) is 2.93. The van der Waals surface area contributed by atoms with Crippen molar-refractivity contribution < 1.29 is 48.2 Å². The molecule has 0 aromatic heterocycles. The Balaban J connectivity index is 2.14. The van der Waals surface area contributed by atoms with Gasteiger partial charge in [0, 0.05) is 19.0 Å². The lowest BCUT2D eigenvalue weighted by Crippen LogP contribution is -2.28. The standard InChI is InChI=1S/C29H34N2O10/c1-19-12-13-21-7-4-11-26-28(21)29(35)40-23(10-5-8-22(30)9-6-16-37-31(36-3)41-26)17-27(34)39-24(18-32)14-15-25(19)38-20(2)33/h4-9,11-12,14-16,23-25,32H,10,13,17-18,30H2,1-3H3/b8-5+,15-14+,16-6-,19-12-,22-9-. The molecule has 12 nitrogen and oxygen atoms in total. The van der Waals surface area contributed by atoms with E-state index in [1.165, 1.54) is 44.6 Å². The molecule has 0 amide bonds. The lowest BCUT2D eigenvalue weighted by atomic mass is 10.0. The van der Waals surface area contributed by atoms with Gasteiger partial charge in [-0.25, -0.2) is 9.63 Å². The number of aliphatic hydroxyl groups excluding tert-OH is 1. The molecule has 3 atom stereocenters. The maximum atomic E-state index is 13.7. The minimum atomic E-state index is -1.02. The highest BCUT2D eigenvalue weighted by molar-refractivity contribution is 5.94. The number of esters is 3. The number of cyclic esters (lactones) is 1. The van der Waals surface area contributed by atoms with Crippen molar-refractivity contribution in [2.24, 2.45) is 5.73 Å². The fourth-order valence-corrected chi connectivity index (χ4v) is 3.88. The van der Waals surface area contributed by atoms with Crippen LogP contribution in [0.2, 0.25) is 0 Å². The number of nitrogens with two attached hydrogens (primary N) is 1. The molecule has 0 saturated heterocycles. The lowest BCUT2D eigenvalue weighted by Gasteiger charge is -2.21. The maximum Gasteiger partial charge on any atom is 0.342 e. The summed E-state index contributed by atoms with van der Waals surface area (Å²) in [4.78, 5) is 54.4. The zero-order chi connectivity index (χ0) is 29.8. The highest BCUT2D eigenvalue weighted by Gasteiger charge is 2.27. The summed E-state index contributed by atoms with van der Waals surface area (Å²) in [6.45, 7) is 2.50. The van der Waals surface area contributed by atoms with E-state index in [-0.39, 0.29) is 30.6 Å². The molecule has 0 spiro atoms. The summed E-state index contributed by atoms with van der Waals surface area (Å²) >= 11 is 0. The summed E-state index contributed by atoms with van der Waals surface area (Å²) in [7, 11) is 1.30. The van der Waals surface area contributed by atoms with Gasteiger partial charge < -0.3 is 34.7 Å². The molecule has 220 valence electrons. The van der Waals surface area contributed by atoms with Gasteiger partial charge in [-0.1, -0.05) is 24.3 Å². The predicted octanol–water partition coefficient (Wildman–Crippen LogP) is 2.90. The van der Waals surface area contributed by atoms with Crippen LogP contribution in [0.25, 0.3) is 0 Å². The topological polar surface area (TPSA) is 156 Å². The zero-order valence-electron chi connectivity index (χ0n) is 23.1. The normalized spacial score (nSPS) is 27.7. The molecule has 0 saturated carbocycles. The van der Waals surface area contributed by atoms with Crippen LogP contribution in [0.3, 0.4) is 0 Å². The van der Waals surface area contributed by atoms with Gasteiger partial charge in [-0.15, -0.1) is 0 Å². The van der Waals surface area contributed by atoms with Crippen LogP contribution >= 0.6 is 0 Å². The third-order valence-electron chi connectivity index (χ3n) is 5.88. The van der Waals surface area contributed by atoms with Gasteiger partial charge in [0.15, 0.2) is 11.1 Å². The van der Waals surface area contributed by atoms with Crippen molar-refractivity contribution in [2.75, 3.05) is 13.7 Å². The molecule has 1 aromatic rings. The fraction of sp³-hybridized carbons (Fsp3) is 0.345. The van der Waals surface area contributed by atoms with Gasteiger partial charge in [-0.05, 0) is 60.9 Å². The number of hydrogen-bond acceptors (Lipinski definition) is 12. The Morgan fingerprint density at radius 2 is 2.02 bits per heavy atom. The Hall–Kier alpha value is -4.39. The van der Waals surface area contributed by atoms with Crippen LogP contribution in [-0.4, -0.2) is 60.4 Å². The van der Waals surface area contributed by atoms with Crippen molar-refractivity contribution in [3.8, 4) is 5.75 Å². The lowest BCUT2D eigenvalue weighted by molar-refractivity contribution is -0.462. The van der Waals surface area contributed by atoms with Crippen LogP contribution in [0, 0.1) is 0 Å². The van der Waals surface area contributed by atoms with Gasteiger partial charge in [-0.3, -0.25) is 9.59 Å². The van der Waals surface area contributed by atoms with Crippen LogP contribution in [-0.2, 0) is 39.9 Å². The van der Waals surface area contributed by atoms with Crippen LogP contribution < -0.4 is 10.6 Å². The number of hydrogen-bond donors (Lipinski definition) is 2. The number of carbonyl (C=O) groups excluding carboxylic acids is 3. The Kier molecular flexibility index (Phi) is 11.7. The first-order chi connectivity index (χ1) is 19.7. The number of benzene rings is 1. The van der Waals surface area contributed by atoms with Gasteiger partial charge in [0.2, 0.25) is 0 Å². The molecule has 0 fully saturated rings. The van der Waals surface area contributed by atoms with Crippen molar-refractivity contribution in [3.63, 3.8) is 0 Å². The number of nitrogens with zero attached hydrogens (tertiary/aromatic N) is 1. The predicted molar refractivity (Wildman–Crippen MR) is 145 cm³/mol. The second kappa shape index (κ2) is 15.4. The summed E-state index contributed by atoms with van der Waals surface area (Å²) in [5.74, 6) is -1.98. The van der Waals surface area contributed by atoms with E-state index in [4.69, 9.17) is 34.5 Å². The first kappa shape index (κ1) is 31.1. The molecule has 1 aromatic carbocycles. The van der Waals surface area contributed by atoms with Gasteiger partial charge in [0.25, 0.3) is 0 Å². The molecule has 12 heteroatoms. The highest BCUT2D eigenvalue weighted by atomic mass is 17.2. The molecule has 2 bridgehead atoms. The van der Waals surface area contributed by atoms with Gasteiger partial charge in [-0.2, -0.15) is 0 Å². The minimum absolute atomic E-state index is 0.0525. The van der Waals surface area contributed by atoms with Crippen LogP contribution in [0.4, 0.5) is 0 Å². The Labute approximate surface area is 237 Å². The van der Waals surface area contributed by atoms with Crippen LogP contribution in [0.15, 0.2) is 78.3 Å². The van der Waals surface area contributed by atoms with E-state index < -0.39 is 42.8 Å². The SMILES string of the molecule is CON1O\C=C/C=C(N)/C=C/CC2CC(=O)OC(CO)/C=C/C(OC(C)=O)/C(C)=C\Cc3cccc(c3C(=O)O2)O1. The highest BCUT2D eigenvalue weighted by Crippen LogP contribution is 2.28. The first-order valence-electron chi connectivity index (χ1n) is 12.8. The third-order valence-corrected chi connectivity index (χ3v) is 5.88. The van der Waals surface area contributed by atoms with Gasteiger partial charge in [0.1, 0.15) is 30.1 Å². The van der Waals surface area contributed by atoms with E-state index in [0.29, 0.717) is 22.2 Å². The summed E-state index contributed by atoms with van der Waals surface area (Å²) < 4.78 is 16.6. The summed E-state index contributed by atoms with van der Waals surface area (Å²) in [5, 5.41) is 10.5. The molecule has 3 unspecified atom stereocenters. The number of ether oxygens (including phenoxy) is 3. The molecule has 0 aliphatic carbocycles. The fourth-order valence-electron chi connectivity index (χ4n) is 3.88. The Morgan fingerprint density at radius 3 is 2.76 bits per heavy atom. The van der Waals surface area contributed by atoms with E-state index in [9.17, 15) is 19.5 Å². The van der Waals surface area contributed by atoms with E-state index >= 15 is 0 Å². The molecule has 3 rings (SSSR count). The number of rotatable bonds is 3. The van der Waals surface area contributed by atoms with Crippen molar-refractivity contribution >= 4 is 17.9 Å². The molecular formula is C29H34N2O10. The first-order valence-corrected chi connectivity index (χ1v) is 12.8. The quantitative estimate of drug-likeness (QED) is 0.312. The van der Waals surface area contributed by atoms with E-state index in [1.807, 2.05) is 0 Å². The summed E-state index contributed by atoms with van der Waals surface area (Å²) in [6.07, 6.45) is 9.56. The smallest absolute Gasteiger partial charge is 0.342 e. The molecule has 0 radical (unpaired) electrons. The van der Waals surface area contributed by atoms with Crippen molar-refractivity contribution in [2.45, 2.75) is 51.4 Å². The molecule has 41 heavy (non-hydrogen) atoms. The van der Waals surface area contributed by atoms with Crippen LogP contribution in [0.5, 0.6) is 5.75 Å². The number of fused-ring (bicyclic) bond motifs is 2. The Morgan fingerprint density at radius 1 is 1.22 bits per heavy atom. The van der Waals surface area contributed by atoms with Gasteiger partial charge in [0.05, 0.1) is 20.1 Å². The molecule has 2 heterocycles. The van der Waals surface area contributed by atoms with Crippen molar-refractivity contribution in [3.05, 3.63) is 89.4 Å². The Bertz CT molecular complexity index is 1250. The second-order valence-corrected chi connectivity index (χ2v) is 9.04. The van der Waals surface area contributed by atoms with E-state index in [1.54, 1.807) is 43.4 Å². The van der Waals surface area contributed by atoms with E-state index in [2.05, 4.69) is 0 Å².